The normalized spacial score (nSPS) is 17.7. The number of halogens is 1. The van der Waals surface area contributed by atoms with Crippen molar-refractivity contribution in [1.82, 2.24) is 0 Å². The van der Waals surface area contributed by atoms with Gasteiger partial charge in [-0.15, -0.1) is 0 Å². The molecule has 0 radical (unpaired) electrons. The molecule has 2 fully saturated rings. The SMILES string of the molecule is O=C1CCc2cc(N3CCC3)ccc21.O=Cc1c(Br)cccc1N1CCc2cc(N3CCC3)ccc2C1=O. The van der Waals surface area contributed by atoms with Crippen LogP contribution in [-0.4, -0.2) is 50.7 Å². The zero-order chi connectivity index (χ0) is 26.2. The zero-order valence-corrected chi connectivity index (χ0v) is 22.9. The van der Waals surface area contributed by atoms with Crippen molar-refractivity contribution in [2.24, 2.45) is 0 Å². The Morgan fingerprint density at radius 3 is 1.95 bits per heavy atom. The minimum atomic E-state index is -0.0346. The molecule has 1 amide bonds. The van der Waals surface area contributed by atoms with E-state index in [1.165, 1.54) is 42.9 Å². The first-order valence-electron chi connectivity index (χ1n) is 13.4. The Hall–Kier alpha value is -3.45. The zero-order valence-electron chi connectivity index (χ0n) is 21.3. The van der Waals surface area contributed by atoms with Crippen molar-refractivity contribution in [3.63, 3.8) is 0 Å². The van der Waals surface area contributed by atoms with E-state index in [1.807, 2.05) is 36.4 Å². The Kier molecular flexibility index (Phi) is 6.78. The molecule has 3 heterocycles. The van der Waals surface area contributed by atoms with Crippen molar-refractivity contribution in [3.05, 3.63) is 86.9 Å². The van der Waals surface area contributed by atoms with Gasteiger partial charge < -0.3 is 14.7 Å². The fraction of sp³-hybridized carbons (Fsp3) is 0.323. The Labute approximate surface area is 231 Å². The molecule has 3 aliphatic heterocycles. The highest BCUT2D eigenvalue weighted by molar-refractivity contribution is 9.10. The van der Waals surface area contributed by atoms with Crippen LogP contribution in [0.2, 0.25) is 0 Å². The van der Waals surface area contributed by atoms with Crippen LogP contribution in [0.5, 0.6) is 0 Å². The molecule has 0 spiro atoms. The van der Waals surface area contributed by atoms with Crippen molar-refractivity contribution in [1.29, 1.82) is 0 Å². The van der Waals surface area contributed by atoms with Crippen LogP contribution in [0, 0.1) is 0 Å². The molecule has 0 N–H and O–H groups in total. The van der Waals surface area contributed by atoms with Crippen molar-refractivity contribution >= 4 is 51.0 Å². The van der Waals surface area contributed by atoms with E-state index < -0.39 is 0 Å². The van der Waals surface area contributed by atoms with Gasteiger partial charge in [-0.25, -0.2) is 0 Å². The molecule has 38 heavy (non-hydrogen) atoms. The Morgan fingerprint density at radius 2 is 1.34 bits per heavy atom. The predicted molar refractivity (Wildman–Crippen MR) is 154 cm³/mol. The molecule has 2 saturated heterocycles. The number of Topliss-reactive ketones (excluding diaryl/α,β-unsaturated/α-hetero) is 1. The van der Waals surface area contributed by atoms with Crippen molar-refractivity contribution < 1.29 is 14.4 Å². The maximum absolute atomic E-state index is 12.9. The molecule has 1 aliphatic carbocycles. The summed E-state index contributed by atoms with van der Waals surface area (Å²) in [6, 6.07) is 17.9. The van der Waals surface area contributed by atoms with Crippen LogP contribution in [-0.2, 0) is 12.8 Å². The lowest BCUT2D eigenvalue weighted by Gasteiger charge is -2.35. The molecule has 3 aromatic rings. The lowest BCUT2D eigenvalue weighted by Crippen LogP contribution is -2.39. The molecule has 3 aromatic carbocycles. The van der Waals surface area contributed by atoms with E-state index in [0.29, 0.717) is 34.5 Å². The van der Waals surface area contributed by atoms with Crippen LogP contribution < -0.4 is 14.7 Å². The summed E-state index contributed by atoms with van der Waals surface area (Å²) in [5, 5.41) is 0. The molecule has 194 valence electrons. The molecule has 6 nitrogen and oxygen atoms in total. The van der Waals surface area contributed by atoms with Gasteiger partial charge in [-0.1, -0.05) is 6.07 Å². The van der Waals surface area contributed by atoms with E-state index in [1.54, 1.807) is 4.90 Å². The van der Waals surface area contributed by atoms with Crippen molar-refractivity contribution in [3.8, 4) is 0 Å². The van der Waals surface area contributed by atoms with Crippen LogP contribution in [0.4, 0.5) is 17.1 Å². The summed E-state index contributed by atoms with van der Waals surface area (Å²) in [6.07, 6.45) is 5.79. The van der Waals surface area contributed by atoms with Gasteiger partial charge in [0.15, 0.2) is 12.1 Å². The van der Waals surface area contributed by atoms with E-state index >= 15 is 0 Å². The quantitative estimate of drug-likeness (QED) is 0.376. The summed E-state index contributed by atoms with van der Waals surface area (Å²) in [7, 11) is 0. The number of aryl methyl sites for hydroxylation is 1. The summed E-state index contributed by atoms with van der Waals surface area (Å²) in [6.45, 7) is 5.13. The number of carbonyl (C=O) groups is 3. The summed E-state index contributed by atoms with van der Waals surface area (Å²) < 4.78 is 0.710. The molecular formula is C31H30BrN3O3. The van der Waals surface area contributed by atoms with Crippen LogP contribution in [0.3, 0.4) is 0 Å². The lowest BCUT2D eigenvalue weighted by atomic mass is 9.96. The second-order valence-corrected chi connectivity index (χ2v) is 11.1. The number of ketones is 1. The third-order valence-electron chi connectivity index (χ3n) is 8.06. The van der Waals surface area contributed by atoms with Crippen LogP contribution in [0.15, 0.2) is 59.1 Å². The number of hydrogen-bond donors (Lipinski definition) is 0. The molecule has 4 aliphatic rings. The van der Waals surface area contributed by atoms with Gasteiger partial charge in [-0.05, 0) is 101 Å². The van der Waals surface area contributed by atoms with Crippen molar-refractivity contribution in [2.45, 2.75) is 32.1 Å². The summed E-state index contributed by atoms with van der Waals surface area (Å²) in [5.74, 6) is 0.280. The number of aldehydes is 1. The molecule has 7 heteroatoms. The van der Waals surface area contributed by atoms with Gasteiger partial charge in [0.1, 0.15) is 0 Å². The average molecular weight is 573 g/mol. The molecule has 7 rings (SSSR count). The summed E-state index contributed by atoms with van der Waals surface area (Å²) in [4.78, 5) is 42.2. The first kappa shape index (κ1) is 24.9. The van der Waals surface area contributed by atoms with Gasteiger partial charge >= 0.3 is 0 Å². The molecule has 0 aromatic heterocycles. The first-order chi connectivity index (χ1) is 18.5. The second kappa shape index (κ2) is 10.4. The van der Waals surface area contributed by atoms with Crippen LogP contribution in [0.1, 0.15) is 61.5 Å². The predicted octanol–water partition coefficient (Wildman–Crippen LogP) is 5.70. The van der Waals surface area contributed by atoms with E-state index in [0.717, 1.165) is 48.9 Å². The van der Waals surface area contributed by atoms with Crippen LogP contribution >= 0.6 is 15.9 Å². The van der Waals surface area contributed by atoms with E-state index in [9.17, 15) is 14.4 Å². The van der Waals surface area contributed by atoms with Crippen molar-refractivity contribution in [2.75, 3.05) is 47.4 Å². The second-order valence-electron chi connectivity index (χ2n) is 10.3. The van der Waals surface area contributed by atoms with Gasteiger partial charge in [0.2, 0.25) is 0 Å². The van der Waals surface area contributed by atoms with Gasteiger partial charge in [0.05, 0.1) is 11.3 Å². The number of nitrogens with zero attached hydrogens (tertiary/aromatic N) is 3. The molecule has 0 unspecified atom stereocenters. The van der Waals surface area contributed by atoms with Crippen LogP contribution in [0.25, 0.3) is 0 Å². The van der Waals surface area contributed by atoms with E-state index in [4.69, 9.17) is 0 Å². The number of benzene rings is 3. The molecule has 0 bridgehead atoms. The van der Waals surface area contributed by atoms with Gasteiger partial charge in [0, 0.05) is 66.1 Å². The smallest absolute Gasteiger partial charge is 0.258 e. The lowest BCUT2D eigenvalue weighted by molar-refractivity contribution is 0.0977. The highest BCUT2D eigenvalue weighted by Gasteiger charge is 2.28. The highest BCUT2D eigenvalue weighted by Crippen LogP contribution is 2.33. The number of hydrogen-bond acceptors (Lipinski definition) is 5. The third kappa shape index (κ3) is 4.53. The largest absolute Gasteiger partial charge is 0.371 e. The monoisotopic (exact) mass is 571 g/mol. The summed E-state index contributed by atoms with van der Waals surface area (Å²) >= 11 is 3.39. The Morgan fingerprint density at radius 1 is 0.711 bits per heavy atom. The maximum atomic E-state index is 12.9. The fourth-order valence-electron chi connectivity index (χ4n) is 5.57. The minimum absolute atomic E-state index is 0.0346. The molecular weight excluding hydrogens is 542 g/mol. The standard InChI is InChI=1S/C19H17BrN2O2.C12H13NO/c20-17-3-1-4-18(16(17)12-23)22-10-7-13-11-14(21-8-2-9-21)5-6-15(13)19(22)24;14-12-5-2-9-8-10(3-4-11(9)12)13-6-1-7-13/h1,3-6,11-12H,2,7-10H2;3-4,8H,1-2,5-7H2. The number of rotatable bonds is 4. The molecule has 0 atom stereocenters. The number of carbonyl (C=O) groups excluding carboxylic acids is 3. The Bertz CT molecular complexity index is 1430. The first-order valence-corrected chi connectivity index (χ1v) is 14.2. The number of anilines is 3. The fourth-order valence-corrected chi connectivity index (χ4v) is 6.02. The molecule has 0 saturated carbocycles. The maximum Gasteiger partial charge on any atom is 0.258 e. The van der Waals surface area contributed by atoms with Gasteiger partial charge in [-0.2, -0.15) is 0 Å². The number of amides is 1. The highest BCUT2D eigenvalue weighted by atomic mass is 79.9. The van der Waals surface area contributed by atoms with E-state index in [2.05, 4.69) is 43.9 Å². The number of fused-ring (bicyclic) bond motifs is 2. The van der Waals surface area contributed by atoms with Gasteiger partial charge in [-0.3, -0.25) is 14.4 Å². The van der Waals surface area contributed by atoms with Gasteiger partial charge in [0.25, 0.3) is 5.91 Å². The minimum Gasteiger partial charge on any atom is -0.371 e. The average Bonchev–Trinajstić information content (AvgIpc) is 3.22. The topological polar surface area (TPSA) is 60.9 Å². The van der Waals surface area contributed by atoms with E-state index in [-0.39, 0.29) is 5.91 Å². The Balaban J connectivity index is 0.000000159. The third-order valence-corrected chi connectivity index (χ3v) is 8.75. The summed E-state index contributed by atoms with van der Waals surface area (Å²) in [5.41, 5.74) is 7.73.